The van der Waals surface area contributed by atoms with Crippen LogP contribution in [0.1, 0.15) is 88.3 Å². The first-order valence-corrected chi connectivity index (χ1v) is 19.7. The molecule has 0 spiro atoms. The summed E-state index contributed by atoms with van der Waals surface area (Å²) in [5, 5.41) is 16.0. The summed E-state index contributed by atoms with van der Waals surface area (Å²) in [6, 6.07) is 27.9. The van der Waals surface area contributed by atoms with E-state index in [4.69, 9.17) is 9.47 Å². The Labute approximate surface area is 328 Å². The number of aldehydes is 1. The number of hydrazine groups is 2. The lowest BCUT2D eigenvalue weighted by Gasteiger charge is -2.27. The zero-order chi connectivity index (χ0) is 39.7. The third-order valence-electron chi connectivity index (χ3n) is 10.6. The number of nitrogens with zero attached hydrogens (tertiary/aromatic N) is 2. The van der Waals surface area contributed by atoms with Gasteiger partial charge in [-0.3, -0.25) is 4.79 Å². The molecule has 4 aromatic rings. The molecule has 0 aliphatic heterocycles. The van der Waals surface area contributed by atoms with Crippen LogP contribution in [0.25, 0.3) is 21.9 Å². The van der Waals surface area contributed by atoms with Crippen molar-refractivity contribution in [3.8, 4) is 16.9 Å². The van der Waals surface area contributed by atoms with Crippen LogP contribution in [0.5, 0.6) is 5.75 Å². The van der Waals surface area contributed by atoms with Gasteiger partial charge in [0.15, 0.2) is 0 Å². The lowest BCUT2D eigenvalue weighted by atomic mass is 9.82. The number of carboxylic acid groups (broad SMARTS) is 1. The summed E-state index contributed by atoms with van der Waals surface area (Å²) in [7, 11) is 0. The number of nitrogens with one attached hydrogen (secondary N) is 2. The topological polar surface area (TPSA) is 137 Å². The number of fused-ring (bicyclic) bond motifs is 4. The Kier molecular flexibility index (Phi) is 13.0. The molecule has 0 atom stereocenters. The summed E-state index contributed by atoms with van der Waals surface area (Å²) in [4.78, 5) is 51.8. The van der Waals surface area contributed by atoms with Gasteiger partial charge in [0.05, 0.1) is 12.5 Å². The van der Waals surface area contributed by atoms with Crippen LogP contribution in [0.4, 0.5) is 9.59 Å². The maximum atomic E-state index is 14.1. The van der Waals surface area contributed by atoms with E-state index in [1.54, 1.807) is 6.21 Å². The minimum atomic E-state index is -0.774. The number of aryl methyl sites for hydroxylation is 1. The van der Waals surface area contributed by atoms with Gasteiger partial charge in [-0.2, -0.15) is 0 Å². The Hall–Kier alpha value is -5.71. The lowest BCUT2D eigenvalue weighted by Crippen LogP contribution is -2.54. The average molecular weight is 762 g/mol. The number of urea groups is 1. The van der Waals surface area contributed by atoms with Gasteiger partial charge in [-0.25, -0.2) is 9.59 Å². The van der Waals surface area contributed by atoms with Gasteiger partial charge in [-0.05, 0) is 104 Å². The molecule has 4 aromatic carbocycles. The summed E-state index contributed by atoms with van der Waals surface area (Å²) in [6.45, 7) is 6.75. The van der Waals surface area contributed by atoms with E-state index in [0.29, 0.717) is 45.1 Å². The smallest absolute Gasteiger partial charge is 0.463 e. The molecule has 6 rings (SSSR count). The highest BCUT2D eigenvalue weighted by Crippen LogP contribution is 2.44. The molecule has 2 aliphatic rings. The number of aliphatic carboxylic acids is 1. The molecule has 11 heteroatoms. The molecule has 0 bridgehead atoms. The number of benzene rings is 4. The number of carboxylic acids is 1. The number of hydrazone groups is 2. The van der Waals surface area contributed by atoms with E-state index < -0.39 is 18.1 Å². The van der Waals surface area contributed by atoms with Crippen molar-refractivity contribution in [1.82, 2.24) is 15.8 Å². The third-order valence-corrected chi connectivity index (χ3v) is 10.6. The monoisotopic (exact) mass is 761 g/mol. The summed E-state index contributed by atoms with van der Waals surface area (Å²) in [5.41, 5.74) is 7.91. The van der Waals surface area contributed by atoms with Crippen LogP contribution in [0.3, 0.4) is 0 Å². The summed E-state index contributed by atoms with van der Waals surface area (Å²) >= 11 is 0. The second-order valence-electron chi connectivity index (χ2n) is 15.7. The quantitative estimate of drug-likeness (QED) is 0.0365. The SMILES string of the molecule is CC(C)(C)Oc1ccc(CCCN(C(=O)NCC2CCC(C(=O)O)CC2)/[N+](=C/CCC=O)NC(=O)OCC2c3ccccc3-c3ccccc32)c2ccccc12. The number of ether oxygens (including phenoxy) is 2. The normalized spacial score (nSPS) is 16.7. The number of unbranched alkanes of at least 4 members (excludes halogenated alkanes) is 1. The maximum Gasteiger partial charge on any atom is 0.463 e. The highest BCUT2D eigenvalue weighted by Gasteiger charge is 2.32. The number of carbonyl (C=O) groups is 4. The van der Waals surface area contributed by atoms with Gasteiger partial charge in [0.1, 0.15) is 24.2 Å². The van der Waals surface area contributed by atoms with Crippen molar-refractivity contribution in [2.75, 3.05) is 19.7 Å². The van der Waals surface area contributed by atoms with Crippen LogP contribution in [0.2, 0.25) is 0 Å². The van der Waals surface area contributed by atoms with E-state index in [1.165, 1.54) is 9.80 Å². The highest BCUT2D eigenvalue weighted by atomic mass is 16.6. The fourth-order valence-electron chi connectivity index (χ4n) is 7.83. The van der Waals surface area contributed by atoms with Crippen LogP contribution in [0, 0.1) is 11.8 Å². The Bertz CT molecular complexity index is 2020. The van der Waals surface area contributed by atoms with Crippen LogP contribution in [0.15, 0.2) is 84.9 Å². The van der Waals surface area contributed by atoms with Crippen LogP contribution >= 0.6 is 0 Å². The molecular weight excluding hydrogens is 709 g/mol. The molecule has 0 saturated heterocycles. The van der Waals surface area contributed by atoms with Crippen molar-refractivity contribution in [1.29, 1.82) is 0 Å². The van der Waals surface area contributed by atoms with E-state index in [-0.39, 0.29) is 49.3 Å². The molecule has 56 heavy (non-hydrogen) atoms. The predicted molar refractivity (Wildman–Crippen MR) is 216 cm³/mol. The summed E-state index contributed by atoms with van der Waals surface area (Å²) in [6.07, 6.45) is 5.86. The van der Waals surface area contributed by atoms with Gasteiger partial charge in [0.25, 0.3) is 0 Å². The fraction of sp³-hybridized carbons (Fsp3) is 0.400. The number of hydrogen-bond acceptors (Lipinski definition) is 6. The Morgan fingerprint density at radius 2 is 1.50 bits per heavy atom. The van der Waals surface area contributed by atoms with Crippen molar-refractivity contribution in [2.24, 2.45) is 11.8 Å². The second-order valence-corrected chi connectivity index (χ2v) is 15.7. The predicted octanol–water partition coefficient (Wildman–Crippen LogP) is 8.28. The molecule has 0 radical (unpaired) electrons. The number of carbonyl (C=O) groups excluding carboxylic acids is 3. The molecule has 0 heterocycles. The van der Waals surface area contributed by atoms with E-state index in [1.807, 2.05) is 69.3 Å². The third kappa shape index (κ3) is 9.93. The molecule has 1 fully saturated rings. The van der Waals surface area contributed by atoms with Gasteiger partial charge >= 0.3 is 18.1 Å². The van der Waals surface area contributed by atoms with Crippen LogP contribution < -0.4 is 15.5 Å². The summed E-state index contributed by atoms with van der Waals surface area (Å²) < 4.78 is 12.1. The van der Waals surface area contributed by atoms with Gasteiger partial charge in [0.2, 0.25) is 6.21 Å². The standard InChI is InChI=1S/C45H52N4O7/c1-45(2,3)56-41-25-24-32(34-14-4-9-19-39(34)41)13-12-26-48(43(53)46-29-31-20-22-33(23-21-31)42(51)52)49(27-10-11-28-50)47-44(54)55-30-40-37-17-7-5-15-35(37)36-16-6-8-18-38(36)40/h4-9,14-19,24-25,27-28,31,33,40H,10-13,20-23,26,29-30H2,1-3H3,(H2-,46,47,51,52,53,54)/p+1/b49-27+. The lowest BCUT2D eigenvalue weighted by molar-refractivity contribution is -0.704. The number of hydrogen-bond donors (Lipinski definition) is 3. The van der Waals surface area contributed by atoms with Crippen LogP contribution in [-0.2, 0) is 20.7 Å². The van der Waals surface area contributed by atoms with Crippen molar-refractivity contribution in [3.05, 3.63) is 102 Å². The molecule has 0 unspecified atom stereocenters. The Morgan fingerprint density at radius 3 is 2.14 bits per heavy atom. The molecule has 3 amide bonds. The van der Waals surface area contributed by atoms with Gasteiger partial charge in [-0.15, -0.1) is 0 Å². The number of rotatable bonds is 15. The zero-order valence-electron chi connectivity index (χ0n) is 32.5. The molecule has 3 N–H and O–H groups in total. The molecule has 11 nitrogen and oxygen atoms in total. The zero-order valence-corrected chi connectivity index (χ0v) is 32.5. The molecule has 1 saturated carbocycles. The van der Waals surface area contributed by atoms with E-state index in [2.05, 4.69) is 47.1 Å². The Balaban J connectivity index is 1.19. The minimum absolute atomic E-state index is 0.0925. The van der Waals surface area contributed by atoms with E-state index in [9.17, 15) is 24.3 Å². The van der Waals surface area contributed by atoms with E-state index >= 15 is 0 Å². The van der Waals surface area contributed by atoms with Gasteiger partial charge < -0.3 is 24.7 Å². The van der Waals surface area contributed by atoms with Crippen molar-refractivity contribution in [2.45, 2.75) is 83.7 Å². The first-order chi connectivity index (χ1) is 27.0. The summed E-state index contributed by atoms with van der Waals surface area (Å²) in [5.74, 6) is -0.333. The van der Waals surface area contributed by atoms with Crippen molar-refractivity contribution < 1.29 is 38.6 Å². The number of amides is 3. The van der Waals surface area contributed by atoms with Crippen molar-refractivity contribution in [3.63, 3.8) is 0 Å². The van der Waals surface area contributed by atoms with E-state index in [0.717, 1.165) is 50.6 Å². The Morgan fingerprint density at radius 1 is 0.857 bits per heavy atom. The van der Waals surface area contributed by atoms with Crippen LogP contribution in [-0.4, -0.2) is 70.8 Å². The molecular formula is C45H53N4O7+. The first-order valence-electron chi connectivity index (χ1n) is 19.7. The molecule has 294 valence electrons. The van der Waals surface area contributed by atoms with Gasteiger partial charge in [-0.1, -0.05) is 89.3 Å². The molecule has 2 aliphatic carbocycles. The first kappa shape index (κ1) is 40.0. The largest absolute Gasteiger partial charge is 0.488 e. The fourth-order valence-corrected chi connectivity index (χ4v) is 7.83. The highest BCUT2D eigenvalue weighted by molar-refractivity contribution is 5.91. The minimum Gasteiger partial charge on any atom is -0.488 e. The second kappa shape index (κ2) is 18.3. The van der Waals surface area contributed by atoms with Gasteiger partial charge in [0, 0.05) is 35.5 Å². The average Bonchev–Trinajstić information content (AvgIpc) is 3.51. The maximum absolute atomic E-state index is 14.1. The van der Waals surface area contributed by atoms with Crippen molar-refractivity contribution >= 4 is 41.4 Å². The molecule has 0 aromatic heterocycles.